The van der Waals surface area contributed by atoms with Gasteiger partial charge in [-0.2, -0.15) is 5.10 Å². The van der Waals surface area contributed by atoms with Crippen LogP contribution in [0.15, 0.2) is 30.3 Å². The molecule has 0 saturated heterocycles. The van der Waals surface area contributed by atoms with Crippen molar-refractivity contribution in [2.45, 2.75) is 26.7 Å². The summed E-state index contributed by atoms with van der Waals surface area (Å²) in [5.74, 6) is -0.0408. The van der Waals surface area contributed by atoms with E-state index in [2.05, 4.69) is 40.7 Å². The maximum absolute atomic E-state index is 12.2. The summed E-state index contributed by atoms with van der Waals surface area (Å²) in [5.41, 5.74) is 9.25. The number of nitrogens with two attached hydrogens (primary N) is 1. The van der Waals surface area contributed by atoms with Gasteiger partial charge in [0.25, 0.3) is 5.91 Å². The first-order chi connectivity index (χ1) is 16.9. The highest BCUT2D eigenvalue weighted by atomic mass is 31.1. The SMILES string of the molecule is CCP(CC)c1cc(-c2cccc(Nc3cc(NC(=O)C4CC4)nnc3C(N)=O)c2OC)nn1C. The maximum Gasteiger partial charge on any atom is 0.271 e. The molecule has 1 aromatic carbocycles. The van der Waals surface area contributed by atoms with Gasteiger partial charge < -0.3 is 21.1 Å². The van der Waals surface area contributed by atoms with E-state index in [1.807, 2.05) is 29.9 Å². The van der Waals surface area contributed by atoms with Crippen LogP contribution in [0.5, 0.6) is 5.75 Å². The fraction of sp³-hybridized carbons (Fsp3) is 0.375. The van der Waals surface area contributed by atoms with Gasteiger partial charge in [0.15, 0.2) is 17.3 Å². The quantitative estimate of drug-likeness (QED) is 0.367. The molecule has 1 fully saturated rings. The van der Waals surface area contributed by atoms with Gasteiger partial charge >= 0.3 is 0 Å². The van der Waals surface area contributed by atoms with E-state index in [0.717, 1.165) is 36.4 Å². The lowest BCUT2D eigenvalue weighted by Crippen LogP contribution is -2.19. The predicted octanol–water partition coefficient (Wildman–Crippen LogP) is 3.22. The van der Waals surface area contributed by atoms with E-state index < -0.39 is 5.91 Å². The Balaban J connectivity index is 1.70. The zero-order chi connectivity index (χ0) is 25.1. The molecule has 4 N–H and O–H groups in total. The van der Waals surface area contributed by atoms with E-state index in [1.54, 1.807) is 13.2 Å². The molecule has 2 heterocycles. The minimum absolute atomic E-state index is 0.00510. The molecule has 0 unspecified atom stereocenters. The minimum Gasteiger partial charge on any atom is -0.494 e. The molecule has 0 aliphatic heterocycles. The van der Waals surface area contributed by atoms with E-state index in [-0.39, 0.29) is 31.3 Å². The lowest BCUT2D eigenvalue weighted by atomic mass is 10.1. The number of nitrogens with one attached hydrogen (secondary N) is 2. The Bertz CT molecular complexity index is 1250. The number of amides is 2. The Morgan fingerprint density at radius 3 is 2.54 bits per heavy atom. The highest BCUT2D eigenvalue weighted by molar-refractivity contribution is 7.65. The number of primary amides is 1. The maximum atomic E-state index is 12.2. The fourth-order valence-corrected chi connectivity index (χ4v) is 5.79. The molecule has 4 rings (SSSR count). The smallest absolute Gasteiger partial charge is 0.271 e. The van der Waals surface area contributed by atoms with Crippen LogP contribution in [0.25, 0.3) is 11.3 Å². The van der Waals surface area contributed by atoms with Crippen molar-refractivity contribution in [3.63, 3.8) is 0 Å². The van der Waals surface area contributed by atoms with Crippen LogP contribution in [0.2, 0.25) is 0 Å². The van der Waals surface area contributed by atoms with Crippen molar-refractivity contribution < 1.29 is 14.3 Å². The Morgan fingerprint density at radius 1 is 1.17 bits per heavy atom. The van der Waals surface area contributed by atoms with E-state index in [0.29, 0.717) is 17.1 Å². The van der Waals surface area contributed by atoms with Gasteiger partial charge in [0.05, 0.1) is 29.6 Å². The summed E-state index contributed by atoms with van der Waals surface area (Å²) in [6, 6.07) is 9.32. The molecule has 0 radical (unpaired) electrons. The molecular formula is C24H30N7O3P. The summed E-state index contributed by atoms with van der Waals surface area (Å²) in [7, 11) is 3.27. The van der Waals surface area contributed by atoms with Gasteiger partial charge in [-0.15, -0.1) is 10.2 Å². The number of nitrogens with zero attached hydrogens (tertiary/aromatic N) is 4. The van der Waals surface area contributed by atoms with E-state index >= 15 is 0 Å². The number of hydrogen-bond donors (Lipinski definition) is 3. The number of hydrogen-bond acceptors (Lipinski definition) is 7. The first-order valence-corrected chi connectivity index (χ1v) is 13.3. The zero-order valence-electron chi connectivity index (χ0n) is 20.3. The number of rotatable bonds is 10. The van der Waals surface area contributed by atoms with Gasteiger partial charge in [-0.05, 0) is 43.4 Å². The van der Waals surface area contributed by atoms with Crippen LogP contribution in [0.4, 0.5) is 17.2 Å². The van der Waals surface area contributed by atoms with Crippen molar-refractivity contribution in [3.8, 4) is 17.0 Å². The molecule has 2 amide bonds. The van der Waals surface area contributed by atoms with E-state index in [9.17, 15) is 9.59 Å². The summed E-state index contributed by atoms with van der Waals surface area (Å²) < 4.78 is 7.72. The number of para-hydroxylation sites is 1. The first-order valence-electron chi connectivity index (χ1n) is 11.6. The first kappa shape index (κ1) is 24.6. The average molecular weight is 496 g/mol. The van der Waals surface area contributed by atoms with Crippen molar-refractivity contribution in [2.24, 2.45) is 18.7 Å². The Labute approximate surface area is 205 Å². The summed E-state index contributed by atoms with van der Waals surface area (Å²) >= 11 is 0. The van der Waals surface area contributed by atoms with Gasteiger partial charge in [-0.1, -0.05) is 27.8 Å². The second kappa shape index (κ2) is 10.4. The van der Waals surface area contributed by atoms with Gasteiger partial charge in [0.2, 0.25) is 5.91 Å². The zero-order valence-corrected chi connectivity index (χ0v) is 21.2. The summed E-state index contributed by atoms with van der Waals surface area (Å²) in [6.07, 6.45) is 3.91. The highest BCUT2D eigenvalue weighted by Gasteiger charge is 2.30. The normalized spacial score (nSPS) is 13.1. The molecule has 0 atom stereocenters. The number of benzene rings is 1. The van der Waals surface area contributed by atoms with Crippen molar-refractivity contribution in [3.05, 3.63) is 36.0 Å². The van der Waals surface area contributed by atoms with E-state index in [4.69, 9.17) is 15.6 Å². The fourth-order valence-electron chi connectivity index (χ4n) is 3.94. The van der Waals surface area contributed by atoms with Crippen LogP contribution in [0, 0.1) is 5.92 Å². The number of carbonyl (C=O) groups excluding carboxylic acids is 2. The van der Waals surface area contributed by atoms with Gasteiger partial charge in [-0.3, -0.25) is 14.3 Å². The lowest BCUT2D eigenvalue weighted by Gasteiger charge is -2.16. The number of aromatic nitrogens is 4. The van der Waals surface area contributed by atoms with Crippen molar-refractivity contribution in [1.29, 1.82) is 0 Å². The third-order valence-electron chi connectivity index (χ3n) is 5.93. The molecule has 1 aliphatic rings. The Hall–Kier alpha value is -3.52. The largest absolute Gasteiger partial charge is 0.494 e. The number of carbonyl (C=O) groups is 2. The molecule has 10 nitrogen and oxygen atoms in total. The number of anilines is 3. The lowest BCUT2D eigenvalue weighted by molar-refractivity contribution is -0.117. The minimum atomic E-state index is -0.739. The summed E-state index contributed by atoms with van der Waals surface area (Å²) in [4.78, 5) is 24.2. The molecule has 1 saturated carbocycles. The van der Waals surface area contributed by atoms with Crippen molar-refractivity contribution in [1.82, 2.24) is 20.0 Å². The van der Waals surface area contributed by atoms with Crippen LogP contribution in [-0.2, 0) is 11.8 Å². The van der Waals surface area contributed by atoms with Crippen molar-refractivity contribution in [2.75, 3.05) is 30.1 Å². The highest BCUT2D eigenvalue weighted by Crippen LogP contribution is 2.40. The Morgan fingerprint density at radius 2 is 1.91 bits per heavy atom. The topological polar surface area (TPSA) is 137 Å². The van der Waals surface area contributed by atoms with Crippen LogP contribution in [0.1, 0.15) is 37.2 Å². The van der Waals surface area contributed by atoms with E-state index in [1.165, 1.54) is 5.44 Å². The third-order valence-corrected chi connectivity index (χ3v) is 8.53. The van der Waals surface area contributed by atoms with Crippen molar-refractivity contribution >= 4 is 42.4 Å². The van der Waals surface area contributed by atoms with Crippen LogP contribution >= 0.6 is 7.92 Å². The second-order valence-corrected chi connectivity index (χ2v) is 11.1. The molecule has 2 aromatic heterocycles. The van der Waals surface area contributed by atoms with Crippen LogP contribution in [0.3, 0.4) is 0 Å². The number of methoxy groups -OCH3 is 1. The molecule has 0 spiro atoms. The third kappa shape index (κ3) is 5.27. The molecule has 184 valence electrons. The summed E-state index contributed by atoms with van der Waals surface area (Å²) in [6.45, 7) is 4.40. The van der Waals surface area contributed by atoms with Gasteiger partial charge in [0, 0.05) is 24.6 Å². The molecular weight excluding hydrogens is 465 g/mol. The molecule has 3 aromatic rings. The number of ether oxygens (including phenoxy) is 1. The van der Waals surface area contributed by atoms with Crippen LogP contribution < -0.4 is 26.5 Å². The average Bonchev–Trinajstić information content (AvgIpc) is 3.63. The molecule has 0 bridgehead atoms. The Kier molecular flexibility index (Phi) is 7.31. The molecule has 35 heavy (non-hydrogen) atoms. The van der Waals surface area contributed by atoms with Crippen LogP contribution in [-0.4, -0.2) is 51.2 Å². The summed E-state index contributed by atoms with van der Waals surface area (Å²) in [5, 5.41) is 18.6. The molecule has 1 aliphatic carbocycles. The van der Waals surface area contributed by atoms with Gasteiger partial charge in [0.1, 0.15) is 0 Å². The molecule has 11 heteroatoms. The standard InChI is InChI=1S/C24H30N7O3P/c1-5-35(6-2)20-13-17(30-31(20)3)15-8-7-9-16(22(15)34-4)26-18-12-19(27-24(33)14-10-11-14)28-29-21(18)23(25)32/h7-9,12-14H,5-6,10-11H2,1-4H3,(H2,25,32)(H2,26,27,28,33). The van der Waals surface area contributed by atoms with Gasteiger partial charge in [-0.25, -0.2) is 0 Å². The second-order valence-electron chi connectivity index (χ2n) is 8.31. The monoisotopic (exact) mass is 495 g/mol. The number of aryl methyl sites for hydroxylation is 1. The predicted molar refractivity (Wildman–Crippen MR) is 138 cm³/mol.